The first-order chi connectivity index (χ1) is 16.3. The Balaban J connectivity index is 1.73. The minimum Gasteiger partial charge on any atom is -0.435 e. The molecule has 4 rings (SSSR count). The van der Waals surface area contributed by atoms with Crippen LogP contribution in [0.3, 0.4) is 0 Å². The van der Waals surface area contributed by atoms with Crippen LogP contribution in [-0.4, -0.2) is 57.0 Å². The molecule has 3 fully saturated rings. The standard InChI is InChI=1S/C25H32O9S/c1-5-32-22(29)34-25(20(28)14-33-35(4,30)31)11-9-18-17-7-6-15-12-16(26)8-10-23(15,2)21(17)19(27)13-24(18,25)3/h8,10,12,17-18,21H,5-7,9,11,13-14H2,1-4H3/t17-,18-,21+,23-,24-,25-/m0/s1. The van der Waals surface area contributed by atoms with E-state index in [2.05, 4.69) is 0 Å². The molecule has 0 spiro atoms. The van der Waals surface area contributed by atoms with Crippen molar-refractivity contribution in [3.05, 3.63) is 23.8 Å². The number of ketones is 3. The fourth-order valence-electron chi connectivity index (χ4n) is 7.27. The molecule has 6 atom stereocenters. The lowest BCUT2D eigenvalue weighted by Crippen LogP contribution is -2.62. The van der Waals surface area contributed by atoms with E-state index < -0.39 is 45.1 Å². The van der Waals surface area contributed by atoms with E-state index in [1.807, 2.05) is 13.0 Å². The third kappa shape index (κ3) is 4.08. The molecule has 4 aliphatic rings. The van der Waals surface area contributed by atoms with Gasteiger partial charge in [-0.25, -0.2) is 4.79 Å². The number of fused-ring (bicyclic) bond motifs is 5. The highest BCUT2D eigenvalue weighted by Crippen LogP contribution is 2.67. The molecule has 0 aliphatic heterocycles. The fourth-order valence-corrected chi connectivity index (χ4v) is 7.59. The SMILES string of the molecule is CCOC(=O)O[C@]1(C(=O)COS(C)(=O)=O)CC[C@H]2[C@@H]3CCC4=CC(=O)C=C[C@]4(C)[C@H]3C(=O)C[C@@]21C. The summed E-state index contributed by atoms with van der Waals surface area (Å²) in [4.78, 5) is 51.8. The molecule has 0 radical (unpaired) electrons. The van der Waals surface area contributed by atoms with E-state index in [1.165, 1.54) is 6.08 Å². The Morgan fingerprint density at radius 2 is 1.89 bits per heavy atom. The molecule has 0 amide bonds. The molecule has 0 unspecified atom stereocenters. The van der Waals surface area contributed by atoms with Gasteiger partial charge in [0.15, 0.2) is 11.4 Å². The molecule has 9 nitrogen and oxygen atoms in total. The van der Waals surface area contributed by atoms with E-state index in [0.29, 0.717) is 19.3 Å². The number of ether oxygens (including phenoxy) is 2. The first-order valence-electron chi connectivity index (χ1n) is 12.0. The van der Waals surface area contributed by atoms with Crippen molar-refractivity contribution in [3.8, 4) is 0 Å². The van der Waals surface area contributed by atoms with Crippen molar-refractivity contribution in [2.45, 2.75) is 58.5 Å². The zero-order valence-electron chi connectivity index (χ0n) is 20.5. The van der Waals surface area contributed by atoms with Crippen LogP contribution in [0.25, 0.3) is 0 Å². The zero-order valence-corrected chi connectivity index (χ0v) is 21.3. The van der Waals surface area contributed by atoms with Gasteiger partial charge in [0, 0.05) is 23.2 Å². The molecular weight excluding hydrogens is 476 g/mol. The normalized spacial score (nSPS) is 38.2. The molecule has 10 heteroatoms. The van der Waals surface area contributed by atoms with Gasteiger partial charge in [0.2, 0.25) is 5.78 Å². The second-order valence-corrected chi connectivity index (χ2v) is 12.2. The number of carbonyl (C=O) groups is 4. The van der Waals surface area contributed by atoms with Gasteiger partial charge < -0.3 is 9.47 Å². The Morgan fingerprint density at radius 1 is 1.17 bits per heavy atom. The van der Waals surface area contributed by atoms with Crippen LogP contribution in [0.1, 0.15) is 52.9 Å². The first kappa shape index (κ1) is 25.8. The Labute approximate surface area is 205 Å². The number of rotatable bonds is 6. The lowest BCUT2D eigenvalue weighted by Gasteiger charge is -2.57. The van der Waals surface area contributed by atoms with Crippen LogP contribution in [0.5, 0.6) is 0 Å². The van der Waals surface area contributed by atoms with Crippen molar-refractivity contribution in [2.24, 2.45) is 28.6 Å². The van der Waals surface area contributed by atoms with Gasteiger partial charge in [-0.05, 0) is 56.6 Å². The quantitative estimate of drug-likeness (QED) is 0.392. The number of carbonyl (C=O) groups excluding carboxylic acids is 4. The molecule has 0 heterocycles. The number of allylic oxidation sites excluding steroid dienone is 4. The smallest absolute Gasteiger partial charge is 0.435 e. The Bertz CT molecular complexity index is 1140. The Hall–Kier alpha value is -2.33. The highest BCUT2D eigenvalue weighted by molar-refractivity contribution is 7.86. The average molecular weight is 509 g/mol. The van der Waals surface area contributed by atoms with Crippen LogP contribution < -0.4 is 0 Å². The topological polar surface area (TPSA) is 130 Å². The predicted molar refractivity (Wildman–Crippen MR) is 124 cm³/mol. The zero-order chi connectivity index (χ0) is 25.8. The molecule has 192 valence electrons. The summed E-state index contributed by atoms with van der Waals surface area (Å²) in [7, 11) is -3.92. The molecule has 0 N–H and O–H groups in total. The monoisotopic (exact) mass is 508 g/mol. The first-order valence-corrected chi connectivity index (χ1v) is 13.8. The summed E-state index contributed by atoms with van der Waals surface area (Å²) in [5, 5.41) is 0. The minimum absolute atomic E-state index is 0.0203. The van der Waals surface area contributed by atoms with Crippen molar-refractivity contribution in [1.82, 2.24) is 0 Å². The van der Waals surface area contributed by atoms with E-state index in [9.17, 15) is 27.6 Å². The van der Waals surface area contributed by atoms with Crippen LogP contribution >= 0.6 is 0 Å². The van der Waals surface area contributed by atoms with Crippen LogP contribution in [0, 0.1) is 28.6 Å². The largest absolute Gasteiger partial charge is 0.509 e. The van der Waals surface area contributed by atoms with Gasteiger partial charge in [0.05, 0.1) is 12.9 Å². The molecule has 35 heavy (non-hydrogen) atoms. The highest BCUT2D eigenvalue weighted by atomic mass is 32.2. The van der Waals surface area contributed by atoms with Crippen molar-refractivity contribution in [3.63, 3.8) is 0 Å². The van der Waals surface area contributed by atoms with Gasteiger partial charge >= 0.3 is 6.16 Å². The van der Waals surface area contributed by atoms with Crippen LogP contribution in [-0.2, 0) is 38.2 Å². The Morgan fingerprint density at radius 3 is 2.54 bits per heavy atom. The second kappa shape index (κ2) is 8.65. The van der Waals surface area contributed by atoms with E-state index in [0.717, 1.165) is 11.8 Å². The summed E-state index contributed by atoms with van der Waals surface area (Å²) < 4.78 is 38.6. The van der Waals surface area contributed by atoms with Crippen molar-refractivity contribution < 1.29 is 41.3 Å². The van der Waals surface area contributed by atoms with Gasteiger partial charge in [-0.15, -0.1) is 0 Å². The summed E-state index contributed by atoms with van der Waals surface area (Å²) in [5.41, 5.74) is -2.42. The van der Waals surface area contributed by atoms with Crippen LogP contribution in [0.15, 0.2) is 23.8 Å². The molecule has 4 aliphatic carbocycles. The lowest BCUT2D eigenvalue weighted by molar-refractivity contribution is -0.172. The number of hydrogen-bond acceptors (Lipinski definition) is 9. The van der Waals surface area contributed by atoms with Crippen LogP contribution in [0.2, 0.25) is 0 Å². The van der Waals surface area contributed by atoms with Gasteiger partial charge in [-0.2, -0.15) is 8.42 Å². The number of hydrogen-bond donors (Lipinski definition) is 0. The fraction of sp³-hybridized carbons (Fsp3) is 0.680. The van der Waals surface area contributed by atoms with Crippen molar-refractivity contribution in [1.29, 1.82) is 0 Å². The van der Waals surface area contributed by atoms with Gasteiger partial charge in [-0.1, -0.05) is 25.5 Å². The number of Topliss-reactive ketones (excluding diaryl/α,β-unsaturated/α-hetero) is 2. The van der Waals surface area contributed by atoms with E-state index in [1.54, 1.807) is 19.9 Å². The Kier molecular flexibility index (Phi) is 6.37. The third-order valence-electron chi connectivity index (χ3n) is 8.75. The molecule has 0 saturated heterocycles. The van der Waals surface area contributed by atoms with Gasteiger partial charge in [-0.3, -0.25) is 18.6 Å². The van der Waals surface area contributed by atoms with Gasteiger partial charge in [0.1, 0.15) is 12.4 Å². The lowest BCUT2D eigenvalue weighted by atomic mass is 9.46. The summed E-state index contributed by atoms with van der Waals surface area (Å²) in [6, 6.07) is 0. The van der Waals surface area contributed by atoms with Gasteiger partial charge in [0.25, 0.3) is 10.1 Å². The maximum absolute atomic E-state index is 13.8. The second-order valence-electron chi connectivity index (χ2n) is 10.6. The van der Waals surface area contributed by atoms with Crippen molar-refractivity contribution in [2.75, 3.05) is 19.5 Å². The summed E-state index contributed by atoms with van der Waals surface area (Å²) in [6.07, 6.45) is 6.75. The molecule has 0 aromatic heterocycles. The third-order valence-corrected chi connectivity index (χ3v) is 9.30. The maximum atomic E-state index is 13.8. The maximum Gasteiger partial charge on any atom is 0.509 e. The molecule has 0 aromatic carbocycles. The van der Waals surface area contributed by atoms with E-state index >= 15 is 0 Å². The molecular formula is C25H32O9S. The minimum atomic E-state index is -3.92. The van der Waals surface area contributed by atoms with Crippen molar-refractivity contribution >= 4 is 33.6 Å². The highest BCUT2D eigenvalue weighted by Gasteiger charge is 2.70. The molecule has 3 saturated carbocycles. The van der Waals surface area contributed by atoms with E-state index in [4.69, 9.17) is 13.7 Å². The average Bonchev–Trinajstić information content (AvgIpc) is 3.04. The molecule has 0 aromatic rings. The summed E-state index contributed by atoms with van der Waals surface area (Å²) in [5.74, 6) is -1.41. The molecule has 0 bridgehead atoms. The van der Waals surface area contributed by atoms with E-state index in [-0.39, 0.29) is 48.8 Å². The predicted octanol–water partition coefficient (Wildman–Crippen LogP) is 2.93. The summed E-state index contributed by atoms with van der Waals surface area (Å²) >= 11 is 0. The van der Waals surface area contributed by atoms with Crippen LogP contribution in [0.4, 0.5) is 4.79 Å². The summed E-state index contributed by atoms with van der Waals surface area (Å²) in [6.45, 7) is 4.61.